The number of hydrogen-bond acceptors (Lipinski definition) is 6. The highest BCUT2D eigenvalue weighted by molar-refractivity contribution is 6.05. The van der Waals surface area contributed by atoms with Crippen molar-refractivity contribution in [3.8, 4) is 5.75 Å². The SMILES string of the molecule is CC1(C)N=C(N)N=C(N)N1c1cccc(OCCCc2ccccc2)c1.Cl. The highest BCUT2D eigenvalue weighted by Gasteiger charge is 2.33. The second-order valence-corrected chi connectivity index (χ2v) is 6.70. The molecule has 6 nitrogen and oxygen atoms in total. The largest absolute Gasteiger partial charge is 0.494 e. The summed E-state index contributed by atoms with van der Waals surface area (Å²) >= 11 is 0. The predicted octanol–water partition coefficient (Wildman–Crippen LogP) is 3.31. The molecule has 0 amide bonds. The lowest BCUT2D eigenvalue weighted by Gasteiger charge is -2.38. The first-order chi connectivity index (χ1) is 12.5. The van der Waals surface area contributed by atoms with E-state index in [1.54, 1.807) is 0 Å². The van der Waals surface area contributed by atoms with Gasteiger partial charge in [0.1, 0.15) is 11.4 Å². The number of aliphatic imine (C=N–C) groups is 2. The van der Waals surface area contributed by atoms with E-state index in [0.29, 0.717) is 12.6 Å². The molecule has 2 aromatic rings. The van der Waals surface area contributed by atoms with Crippen LogP contribution in [0.2, 0.25) is 0 Å². The van der Waals surface area contributed by atoms with Gasteiger partial charge in [-0.05, 0) is 44.4 Å². The van der Waals surface area contributed by atoms with Crippen LogP contribution >= 0.6 is 12.4 Å². The molecule has 0 aliphatic carbocycles. The molecule has 7 heteroatoms. The van der Waals surface area contributed by atoms with E-state index in [2.05, 4.69) is 34.3 Å². The fourth-order valence-electron chi connectivity index (χ4n) is 3.07. The number of guanidine groups is 2. The molecule has 0 radical (unpaired) electrons. The number of nitrogens with zero attached hydrogens (tertiary/aromatic N) is 3. The molecule has 0 saturated heterocycles. The first kappa shape index (κ1) is 20.6. The summed E-state index contributed by atoms with van der Waals surface area (Å²) in [5, 5.41) is 0. The van der Waals surface area contributed by atoms with Crippen molar-refractivity contribution in [2.45, 2.75) is 32.4 Å². The Labute approximate surface area is 166 Å². The van der Waals surface area contributed by atoms with Crippen molar-refractivity contribution in [2.24, 2.45) is 21.5 Å². The number of nitrogens with two attached hydrogens (primary N) is 2. The van der Waals surface area contributed by atoms with Gasteiger partial charge < -0.3 is 16.2 Å². The second kappa shape index (κ2) is 8.77. The second-order valence-electron chi connectivity index (χ2n) is 6.70. The van der Waals surface area contributed by atoms with Gasteiger partial charge in [-0.15, -0.1) is 12.4 Å². The van der Waals surface area contributed by atoms with Gasteiger partial charge in [0, 0.05) is 11.8 Å². The number of hydrogen-bond donors (Lipinski definition) is 2. The van der Waals surface area contributed by atoms with E-state index in [1.165, 1.54) is 5.56 Å². The number of rotatable bonds is 6. The summed E-state index contributed by atoms with van der Waals surface area (Å²) in [5.41, 5.74) is 13.4. The van der Waals surface area contributed by atoms with Gasteiger partial charge in [0.05, 0.1) is 6.61 Å². The first-order valence-electron chi connectivity index (χ1n) is 8.72. The van der Waals surface area contributed by atoms with E-state index >= 15 is 0 Å². The van der Waals surface area contributed by atoms with Crippen LogP contribution in [0.15, 0.2) is 64.6 Å². The van der Waals surface area contributed by atoms with Gasteiger partial charge >= 0.3 is 0 Å². The molecular formula is C20H26ClN5O. The maximum Gasteiger partial charge on any atom is 0.220 e. The molecule has 144 valence electrons. The molecule has 0 saturated carbocycles. The Bertz CT molecular complexity index is 820. The Hall–Kier alpha value is -2.73. The quantitative estimate of drug-likeness (QED) is 0.744. The van der Waals surface area contributed by atoms with Crippen LogP contribution in [0.5, 0.6) is 5.75 Å². The summed E-state index contributed by atoms with van der Waals surface area (Å²) in [6.07, 6.45) is 1.95. The van der Waals surface area contributed by atoms with Crippen LogP contribution in [-0.4, -0.2) is 24.2 Å². The van der Waals surface area contributed by atoms with Gasteiger partial charge in [-0.1, -0.05) is 36.4 Å². The third-order valence-electron chi connectivity index (χ3n) is 4.19. The van der Waals surface area contributed by atoms with Crippen LogP contribution in [0, 0.1) is 0 Å². The molecule has 1 heterocycles. The molecule has 27 heavy (non-hydrogen) atoms. The average Bonchev–Trinajstić information content (AvgIpc) is 2.58. The fraction of sp³-hybridized carbons (Fsp3) is 0.300. The van der Waals surface area contributed by atoms with Gasteiger partial charge in [-0.2, -0.15) is 4.99 Å². The Balaban J connectivity index is 0.00000261. The molecule has 1 aliphatic rings. The zero-order valence-electron chi connectivity index (χ0n) is 15.6. The Morgan fingerprint density at radius 2 is 1.78 bits per heavy atom. The van der Waals surface area contributed by atoms with Crippen LogP contribution in [0.4, 0.5) is 5.69 Å². The highest BCUT2D eigenvalue weighted by atomic mass is 35.5. The molecule has 0 spiro atoms. The lowest BCUT2D eigenvalue weighted by atomic mass is 10.1. The van der Waals surface area contributed by atoms with Crippen molar-refractivity contribution >= 4 is 30.0 Å². The van der Waals surface area contributed by atoms with E-state index in [9.17, 15) is 0 Å². The van der Waals surface area contributed by atoms with E-state index in [4.69, 9.17) is 16.2 Å². The van der Waals surface area contributed by atoms with Crippen molar-refractivity contribution in [1.82, 2.24) is 0 Å². The first-order valence-corrected chi connectivity index (χ1v) is 8.72. The van der Waals surface area contributed by atoms with Crippen molar-refractivity contribution in [3.63, 3.8) is 0 Å². The van der Waals surface area contributed by atoms with Gasteiger partial charge in [0.15, 0.2) is 0 Å². The number of aryl methyl sites for hydroxylation is 1. The molecule has 4 N–H and O–H groups in total. The lowest BCUT2D eigenvalue weighted by molar-refractivity contribution is 0.311. The number of ether oxygens (including phenoxy) is 1. The Morgan fingerprint density at radius 1 is 1.04 bits per heavy atom. The normalized spacial score (nSPS) is 15.4. The van der Waals surface area contributed by atoms with Crippen molar-refractivity contribution in [3.05, 3.63) is 60.2 Å². The lowest BCUT2D eigenvalue weighted by Crippen LogP contribution is -2.54. The fourth-order valence-corrected chi connectivity index (χ4v) is 3.07. The van der Waals surface area contributed by atoms with Gasteiger partial charge in [0.2, 0.25) is 11.9 Å². The highest BCUT2D eigenvalue weighted by Crippen LogP contribution is 2.29. The topological polar surface area (TPSA) is 89.2 Å². The molecule has 0 atom stereocenters. The monoisotopic (exact) mass is 387 g/mol. The summed E-state index contributed by atoms with van der Waals surface area (Å²) in [7, 11) is 0. The smallest absolute Gasteiger partial charge is 0.220 e. The molecule has 0 fully saturated rings. The van der Waals surface area contributed by atoms with Crippen molar-refractivity contribution in [1.29, 1.82) is 0 Å². The molecule has 2 aromatic carbocycles. The Morgan fingerprint density at radius 3 is 2.48 bits per heavy atom. The van der Waals surface area contributed by atoms with Gasteiger partial charge in [-0.25, -0.2) is 4.99 Å². The van der Waals surface area contributed by atoms with E-state index in [0.717, 1.165) is 24.3 Å². The number of anilines is 1. The van der Waals surface area contributed by atoms with Crippen LogP contribution in [0.25, 0.3) is 0 Å². The average molecular weight is 388 g/mol. The van der Waals surface area contributed by atoms with E-state index in [1.807, 2.05) is 49.1 Å². The van der Waals surface area contributed by atoms with Crippen LogP contribution in [0.3, 0.4) is 0 Å². The van der Waals surface area contributed by atoms with Gasteiger partial charge in [-0.3, -0.25) is 4.90 Å². The molecule has 0 unspecified atom stereocenters. The minimum absolute atomic E-state index is 0. The maximum absolute atomic E-state index is 6.09. The van der Waals surface area contributed by atoms with Gasteiger partial charge in [0.25, 0.3) is 0 Å². The van der Waals surface area contributed by atoms with Crippen molar-refractivity contribution in [2.75, 3.05) is 11.5 Å². The summed E-state index contributed by atoms with van der Waals surface area (Å²) in [6, 6.07) is 18.2. The summed E-state index contributed by atoms with van der Waals surface area (Å²) in [4.78, 5) is 10.3. The standard InChI is InChI=1S/C20H25N5O.ClH/c1-20(2)24-18(21)23-19(22)25(20)16-11-6-12-17(14-16)26-13-7-10-15-8-4-3-5-9-15;/h3-6,8-9,11-12,14H,7,10,13H2,1-2H3,(H4,21,22,23,24);1H. The third-order valence-corrected chi connectivity index (χ3v) is 4.19. The summed E-state index contributed by atoms with van der Waals surface area (Å²) in [5.74, 6) is 1.31. The van der Waals surface area contributed by atoms with Crippen LogP contribution < -0.4 is 21.1 Å². The molecule has 3 rings (SSSR count). The van der Waals surface area contributed by atoms with Crippen molar-refractivity contribution < 1.29 is 4.74 Å². The molecule has 0 bridgehead atoms. The van der Waals surface area contributed by atoms with Crippen LogP contribution in [-0.2, 0) is 6.42 Å². The maximum atomic E-state index is 6.09. The zero-order chi connectivity index (χ0) is 18.6. The molecule has 1 aliphatic heterocycles. The van der Waals surface area contributed by atoms with Crippen LogP contribution in [0.1, 0.15) is 25.8 Å². The minimum Gasteiger partial charge on any atom is -0.494 e. The Kier molecular flexibility index (Phi) is 6.69. The third kappa shape index (κ3) is 5.14. The zero-order valence-corrected chi connectivity index (χ0v) is 16.4. The summed E-state index contributed by atoms with van der Waals surface area (Å²) < 4.78 is 5.92. The molecule has 0 aromatic heterocycles. The number of benzene rings is 2. The van der Waals surface area contributed by atoms with E-state index < -0.39 is 5.66 Å². The van der Waals surface area contributed by atoms with E-state index in [-0.39, 0.29) is 18.4 Å². The molecular weight excluding hydrogens is 362 g/mol. The predicted molar refractivity (Wildman–Crippen MR) is 114 cm³/mol. The minimum atomic E-state index is -0.609. The summed E-state index contributed by atoms with van der Waals surface area (Å²) in [6.45, 7) is 4.53. The number of halogens is 1.